The monoisotopic (exact) mass is 235 g/mol. The van der Waals surface area contributed by atoms with Gasteiger partial charge in [0.2, 0.25) is 0 Å². The van der Waals surface area contributed by atoms with E-state index in [0.29, 0.717) is 13.0 Å². The van der Waals surface area contributed by atoms with Crippen molar-refractivity contribution in [2.45, 2.75) is 18.9 Å². The van der Waals surface area contributed by atoms with E-state index in [4.69, 9.17) is 11.6 Å². The van der Waals surface area contributed by atoms with Crippen LogP contribution in [0.4, 0.5) is 13.2 Å². The Labute approximate surface area is 90.2 Å². The van der Waals surface area contributed by atoms with Gasteiger partial charge in [0.15, 0.2) is 11.6 Å². The molecule has 1 atom stereocenters. The van der Waals surface area contributed by atoms with E-state index in [1.165, 1.54) is 0 Å². The van der Waals surface area contributed by atoms with Crippen LogP contribution in [0.15, 0.2) is 6.07 Å². The fraction of sp³-hybridized carbons (Fsp3) is 0.400. The Morgan fingerprint density at radius 2 is 2.00 bits per heavy atom. The smallest absolute Gasteiger partial charge is 0.177 e. The lowest BCUT2D eigenvalue weighted by Gasteiger charge is -2.13. The lowest BCUT2D eigenvalue weighted by molar-refractivity contribution is 0.456. The summed E-state index contributed by atoms with van der Waals surface area (Å²) >= 11 is 5.32. The fourth-order valence-corrected chi connectivity index (χ4v) is 2.01. The maximum absolute atomic E-state index is 13.4. The van der Waals surface area contributed by atoms with Crippen LogP contribution in [0.2, 0.25) is 5.02 Å². The largest absolute Gasteiger partial charge is 0.310 e. The lowest BCUT2D eigenvalue weighted by atomic mass is 10.0. The minimum Gasteiger partial charge on any atom is -0.310 e. The summed E-state index contributed by atoms with van der Waals surface area (Å²) in [7, 11) is 0. The van der Waals surface area contributed by atoms with Crippen molar-refractivity contribution in [1.29, 1.82) is 0 Å². The number of nitrogens with one attached hydrogen (secondary N) is 1. The topological polar surface area (TPSA) is 12.0 Å². The molecule has 1 aliphatic heterocycles. The number of halogens is 4. The number of benzene rings is 1. The molecular weight excluding hydrogens is 227 g/mol. The summed E-state index contributed by atoms with van der Waals surface area (Å²) in [5, 5.41) is 2.39. The van der Waals surface area contributed by atoms with E-state index in [-0.39, 0.29) is 5.56 Å². The van der Waals surface area contributed by atoms with Gasteiger partial charge in [-0.05, 0) is 25.5 Å². The molecule has 0 saturated carbocycles. The summed E-state index contributed by atoms with van der Waals surface area (Å²) in [5.74, 6) is -3.15. The molecular formula is C10H9ClF3N. The highest BCUT2D eigenvalue weighted by molar-refractivity contribution is 6.30. The molecule has 5 heteroatoms. The van der Waals surface area contributed by atoms with Crippen LogP contribution in [0.3, 0.4) is 0 Å². The highest BCUT2D eigenvalue weighted by Gasteiger charge is 2.26. The van der Waals surface area contributed by atoms with Crippen LogP contribution in [0, 0.1) is 17.5 Å². The van der Waals surface area contributed by atoms with Gasteiger partial charge in [0.25, 0.3) is 0 Å². The normalized spacial score (nSPS) is 20.9. The van der Waals surface area contributed by atoms with Gasteiger partial charge in [0, 0.05) is 11.6 Å². The molecule has 1 nitrogen and oxygen atoms in total. The first-order chi connectivity index (χ1) is 7.11. The molecule has 1 saturated heterocycles. The third-order valence-electron chi connectivity index (χ3n) is 2.56. The van der Waals surface area contributed by atoms with Crippen LogP contribution in [0.25, 0.3) is 0 Å². The van der Waals surface area contributed by atoms with Crippen molar-refractivity contribution in [2.24, 2.45) is 0 Å². The van der Waals surface area contributed by atoms with E-state index < -0.39 is 28.5 Å². The standard InChI is InChI=1S/C10H9ClF3N/c11-5-4-6(12)8(10(14)9(5)13)7-2-1-3-15-7/h4,7,15H,1-3H2/t7-/m0/s1. The summed E-state index contributed by atoms with van der Waals surface area (Å²) in [4.78, 5) is 0. The highest BCUT2D eigenvalue weighted by Crippen LogP contribution is 2.31. The maximum Gasteiger partial charge on any atom is 0.177 e. The third kappa shape index (κ3) is 1.84. The molecule has 0 aliphatic carbocycles. The zero-order valence-electron chi connectivity index (χ0n) is 7.79. The number of hydrogen-bond donors (Lipinski definition) is 1. The molecule has 0 bridgehead atoms. The van der Waals surface area contributed by atoms with Crippen molar-refractivity contribution in [3.05, 3.63) is 34.1 Å². The van der Waals surface area contributed by atoms with Crippen LogP contribution >= 0.6 is 11.6 Å². The van der Waals surface area contributed by atoms with Crippen molar-refractivity contribution in [2.75, 3.05) is 6.54 Å². The Morgan fingerprint density at radius 1 is 1.27 bits per heavy atom. The van der Waals surface area contributed by atoms with Crippen LogP contribution in [-0.4, -0.2) is 6.54 Å². The first-order valence-electron chi connectivity index (χ1n) is 4.67. The molecule has 1 heterocycles. The van der Waals surface area contributed by atoms with E-state index in [1.54, 1.807) is 0 Å². The quantitative estimate of drug-likeness (QED) is 0.582. The van der Waals surface area contributed by atoms with Crippen molar-refractivity contribution in [1.82, 2.24) is 5.32 Å². The second kappa shape index (κ2) is 4.02. The van der Waals surface area contributed by atoms with Crippen LogP contribution < -0.4 is 5.32 Å². The van der Waals surface area contributed by atoms with Gasteiger partial charge in [-0.3, -0.25) is 0 Å². The van der Waals surface area contributed by atoms with E-state index in [2.05, 4.69) is 5.32 Å². The average Bonchev–Trinajstić information content (AvgIpc) is 2.68. The van der Waals surface area contributed by atoms with Crippen LogP contribution in [-0.2, 0) is 0 Å². The molecule has 0 spiro atoms. The lowest BCUT2D eigenvalue weighted by Crippen LogP contribution is -2.17. The summed E-state index contributed by atoms with van der Waals surface area (Å²) in [5.41, 5.74) is -0.241. The molecule has 0 amide bonds. The Morgan fingerprint density at radius 3 is 2.60 bits per heavy atom. The molecule has 1 aliphatic rings. The predicted molar refractivity (Wildman–Crippen MR) is 51.3 cm³/mol. The van der Waals surface area contributed by atoms with Gasteiger partial charge in [-0.25, -0.2) is 13.2 Å². The van der Waals surface area contributed by atoms with Crippen molar-refractivity contribution in [3.8, 4) is 0 Å². The highest BCUT2D eigenvalue weighted by atomic mass is 35.5. The average molecular weight is 236 g/mol. The van der Waals surface area contributed by atoms with Gasteiger partial charge in [0.05, 0.1) is 5.02 Å². The minimum atomic E-state index is -1.18. The third-order valence-corrected chi connectivity index (χ3v) is 2.83. The summed E-state index contributed by atoms with van der Waals surface area (Å²) in [6.07, 6.45) is 1.43. The fourth-order valence-electron chi connectivity index (χ4n) is 1.83. The van der Waals surface area contributed by atoms with Crippen molar-refractivity contribution in [3.63, 3.8) is 0 Å². The minimum absolute atomic E-state index is 0.241. The van der Waals surface area contributed by atoms with Gasteiger partial charge >= 0.3 is 0 Å². The van der Waals surface area contributed by atoms with Crippen LogP contribution in [0.5, 0.6) is 0 Å². The maximum atomic E-state index is 13.4. The van der Waals surface area contributed by atoms with E-state index in [9.17, 15) is 13.2 Å². The Hall–Kier alpha value is -0.740. The van der Waals surface area contributed by atoms with Gasteiger partial charge in [0.1, 0.15) is 5.82 Å². The van der Waals surface area contributed by atoms with Gasteiger partial charge < -0.3 is 5.32 Å². The molecule has 1 N–H and O–H groups in total. The summed E-state index contributed by atoms with van der Waals surface area (Å²) in [6.45, 7) is 0.688. The van der Waals surface area contributed by atoms with E-state index in [1.807, 2.05) is 0 Å². The SMILES string of the molecule is Fc1cc(Cl)c(F)c(F)c1[C@@H]1CCCN1. The second-order valence-electron chi connectivity index (χ2n) is 3.53. The molecule has 82 valence electrons. The molecule has 15 heavy (non-hydrogen) atoms. The first-order valence-corrected chi connectivity index (χ1v) is 5.05. The summed E-state index contributed by atoms with van der Waals surface area (Å²) < 4.78 is 40.0. The molecule has 1 aromatic rings. The molecule has 2 rings (SSSR count). The van der Waals surface area contributed by atoms with Crippen molar-refractivity contribution >= 4 is 11.6 Å². The van der Waals surface area contributed by atoms with Gasteiger partial charge in [-0.2, -0.15) is 0 Å². The zero-order valence-corrected chi connectivity index (χ0v) is 8.54. The Bertz CT molecular complexity index is 389. The van der Waals surface area contributed by atoms with E-state index >= 15 is 0 Å². The molecule has 0 radical (unpaired) electrons. The summed E-state index contributed by atoms with van der Waals surface area (Å²) in [6, 6.07) is 0.367. The molecule has 1 aromatic carbocycles. The van der Waals surface area contributed by atoms with Gasteiger partial charge in [-0.15, -0.1) is 0 Å². The van der Waals surface area contributed by atoms with E-state index in [0.717, 1.165) is 12.5 Å². The molecule has 1 fully saturated rings. The first kappa shape index (κ1) is 10.8. The van der Waals surface area contributed by atoms with Crippen molar-refractivity contribution < 1.29 is 13.2 Å². The Kier molecular flexibility index (Phi) is 2.89. The number of hydrogen-bond acceptors (Lipinski definition) is 1. The number of rotatable bonds is 1. The second-order valence-corrected chi connectivity index (χ2v) is 3.94. The van der Waals surface area contributed by atoms with Gasteiger partial charge in [-0.1, -0.05) is 11.6 Å². The Balaban J connectivity index is 2.50. The molecule has 0 unspecified atom stereocenters. The van der Waals surface area contributed by atoms with Crippen LogP contribution in [0.1, 0.15) is 24.4 Å². The molecule has 0 aromatic heterocycles. The predicted octanol–water partition coefficient (Wildman–Crippen LogP) is 3.18. The zero-order chi connectivity index (χ0) is 11.0.